The number of benzene rings is 1. The number of amides is 2. The van der Waals surface area contributed by atoms with Crippen LogP contribution in [0.2, 0.25) is 15.6 Å². The minimum atomic E-state index is -2.08. The molecule has 2 amide bonds. The third-order valence-electron chi connectivity index (χ3n) is 5.28. The molecule has 0 atom stereocenters. The van der Waals surface area contributed by atoms with Crippen molar-refractivity contribution >= 4 is 25.4 Å². The van der Waals surface area contributed by atoms with Gasteiger partial charge in [-0.2, -0.15) is 0 Å². The van der Waals surface area contributed by atoms with E-state index in [1.54, 1.807) is 17.0 Å². The third kappa shape index (κ3) is 4.76. The molecule has 0 aromatic heterocycles. The van der Waals surface area contributed by atoms with Crippen molar-refractivity contribution in [3.63, 3.8) is 0 Å². The number of nitrogens with zero attached hydrogens (tertiary/aromatic N) is 1. The zero-order valence-corrected chi connectivity index (χ0v) is 18.0. The second-order valence-corrected chi connectivity index (χ2v) is 16.3. The van der Waals surface area contributed by atoms with Gasteiger partial charge in [0.05, 0.1) is 0 Å². The van der Waals surface area contributed by atoms with Gasteiger partial charge in [0.25, 0.3) is 0 Å². The van der Waals surface area contributed by atoms with Crippen molar-refractivity contribution in [2.45, 2.75) is 74.9 Å². The summed E-state index contributed by atoms with van der Waals surface area (Å²) in [6.45, 7) is 6.73. The molecule has 0 aliphatic carbocycles. The molecule has 1 aromatic carbocycles. The molecule has 0 spiro atoms. The van der Waals surface area contributed by atoms with Gasteiger partial charge < -0.3 is 0 Å². The molecular formula is C21H33AsNO2+. The number of rotatable bonds is 11. The molecule has 0 fully saturated rings. The molecule has 2 rings (SSSR count). The molecule has 0 saturated carbocycles. The number of carbonyl (C=O) groups is 2. The van der Waals surface area contributed by atoms with E-state index < -0.39 is 13.6 Å². The first kappa shape index (κ1) is 20.2. The number of fused-ring (bicyclic) bond motifs is 1. The molecule has 0 bridgehead atoms. The molecule has 3 nitrogen and oxygen atoms in total. The van der Waals surface area contributed by atoms with Crippen LogP contribution >= 0.6 is 0 Å². The van der Waals surface area contributed by atoms with Gasteiger partial charge in [0.2, 0.25) is 0 Å². The maximum atomic E-state index is 12.8. The Balaban J connectivity index is 2.25. The van der Waals surface area contributed by atoms with E-state index in [4.69, 9.17) is 0 Å². The monoisotopic (exact) mass is 406 g/mol. The molecule has 1 aliphatic rings. The van der Waals surface area contributed by atoms with Crippen LogP contribution in [0.3, 0.4) is 0 Å². The second-order valence-electron chi connectivity index (χ2n) is 7.30. The van der Waals surface area contributed by atoms with Gasteiger partial charge in [-0.15, -0.1) is 0 Å². The van der Waals surface area contributed by atoms with Gasteiger partial charge in [-0.05, 0) is 0 Å². The van der Waals surface area contributed by atoms with Crippen LogP contribution in [0.25, 0.3) is 0 Å². The maximum absolute atomic E-state index is 12.8. The molecule has 0 radical (unpaired) electrons. The summed E-state index contributed by atoms with van der Waals surface area (Å²) < 4.78 is 0. The fourth-order valence-electron chi connectivity index (χ4n) is 3.70. The summed E-state index contributed by atoms with van der Waals surface area (Å²) in [5, 5.41) is 4.59. The minimum absolute atomic E-state index is 0.0594. The van der Waals surface area contributed by atoms with Crippen molar-refractivity contribution < 1.29 is 9.59 Å². The topological polar surface area (TPSA) is 37.4 Å². The summed E-state index contributed by atoms with van der Waals surface area (Å²) >= 11 is -2.08. The van der Waals surface area contributed by atoms with E-state index in [9.17, 15) is 9.59 Å². The summed E-state index contributed by atoms with van der Waals surface area (Å²) in [5.74, 6) is -0.119. The molecule has 1 aromatic rings. The number of hydrogen-bond donors (Lipinski definition) is 0. The van der Waals surface area contributed by atoms with Crippen molar-refractivity contribution in [1.29, 1.82) is 0 Å². The molecule has 138 valence electrons. The van der Waals surface area contributed by atoms with Gasteiger partial charge in [0.15, 0.2) is 0 Å². The van der Waals surface area contributed by atoms with Crippen molar-refractivity contribution in [2.24, 2.45) is 0 Å². The Kier molecular flexibility index (Phi) is 7.75. The number of unbranched alkanes of at least 4 members (excludes halogenated alkanes) is 3. The predicted octanol–water partition coefficient (Wildman–Crippen LogP) is 5.67. The van der Waals surface area contributed by atoms with E-state index in [-0.39, 0.29) is 11.8 Å². The van der Waals surface area contributed by atoms with E-state index >= 15 is 0 Å². The Morgan fingerprint density at radius 3 is 1.52 bits per heavy atom. The average molecular weight is 406 g/mol. The first-order valence-electron chi connectivity index (χ1n) is 9.89. The van der Waals surface area contributed by atoms with Crippen LogP contribution < -0.4 is 0 Å². The standard InChI is InChI=1S/C21H33AsNO2/c1-4-7-14-22(15-8-5-2,16-9-6-3)17-23-20(24)18-12-10-11-13-19(18)21(23)25/h10-13H,4-9,14-17H2,1-3H3/q+1. The van der Waals surface area contributed by atoms with Crippen molar-refractivity contribution in [3.8, 4) is 0 Å². The van der Waals surface area contributed by atoms with Crippen LogP contribution in [0.5, 0.6) is 0 Å². The van der Waals surface area contributed by atoms with Crippen molar-refractivity contribution in [2.75, 3.05) is 5.33 Å². The SMILES string of the molecule is CCCC[As+](CCCC)(CCCC)CN1C(=O)c2ccccc2C1=O. The molecule has 0 unspecified atom stereocenters. The number of carbonyl (C=O) groups excluding carboxylic acids is 2. The van der Waals surface area contributed by atoms with Crippen molar-refractivity contribution in [1.82, 2.24) is 4.90 Å². The zero-order chi connectivity index (χ0) is 18.3. The first-order chi connectivity index (χ1) is 12.1. The molecule has 0 saturated heterocycles. The van der Waals surface area contributed by atoms with Gasteiger partial charge in [-0.3, -0.25) is 0 Å². The normalized spacial score (nSPS) is 14.3. The Labute approximate surface area is 155 Å². The molecular weight excluding hydrogens is 373 g/mol. The predicted molar refractivity (Wildman–Crippen MR) is 107 cm³/mol. The van der Waals surface area contributed by atoms with Gasteiger partial charge in [-0.25, -0.2) is 0 Å². The van der Waals surface area contributed by atoms with Crippen LogP contribution in [0, 0.1) is 0 Å². The van der Waals surface area contributed by atoms with E-state index in [0.29, 0.717) is 11.1 Å². The Morgan fingerprint density at radius 2 is 1.16 bits per heavy atom. The molecule has 1 aliphatic heterocycles. The number of imide groups is 1. The molecule has 25 heavy (non-hydrogen) atoms. The van der Waals surface area contributed by atoms with Gasteiger partial charge in [0.1, 0.15) is 0 Å². The summed E-state index contributed by atoms with van der Waals surface area (Å²) in [7, 11) is 0. The van der Waals surface area contributed by atoms with Crippen LogP contribution in [0.4, 0.5) is 0 Å². The summed E-state index contributed by atoms with van der Waals surface area (Å²) in [4.78, 5) is 27.3. The second kappa shape index (κ2) is 9.57. The van der Waals surface area contributed by atoms with Crippen molar-refractivity contribution in [3.05, 3.63) is 35.4 Å². The molecule has 4 heteroatoms. The van der Waals surface area contributed by atoms with Gasteiger partial charge >= 0.3 is 156 Å². The van der Waals surface area contributed by atoms with Gasteiger partial charge in [-0.1, -0.05) is 0 Å². The number of hydrogen-bond acceptors (Lipinski definition) is 2. The summed E-state index contributed by atoms with van der Waals surface area (Å²) in [6.07, 6.45) is 7.31. The van der Waals surface area contributed by atoms with E-state index in [1.807, 2.05) is 12.1 Å². The Morgan fingerprint density at radius 1 is 0.760 bits per heavy atom. The summed E-state index contributed by atoms with van der Waals surface area (Å²) in [6, 6.07) is 7.30. The van der Waals surface area contributed by atoms with Crippen LogP contribution in [0.1, 0.15) is 80.0 Å². The average Bonchev–Trinajstić information content (AvgIpc) is 2.88. The van der Waals surface area contributed by atoms with Crippen LogP contribution in [-0.4, -0.2) is 35.6 Å². The Hall–Kier alpha value is -1.08. The Bertz CT molecular complexity index is 543. The quantitative estimate of drug-likeness (QED) is 0.351. The van der Waals surface area contributed by atoms with Crippen LogP contribution in [0.15, 0.2) is 24.3 Å². The first-order valence-corrected chi connectivity index (χ1v) is 15.2. The zero-order valence-electron chi connectivity index (χ0n) is 16.1. The van der Waals surface area contributed by atoms with Gasteiger partial charge in [0, 0.05) is 0 Å². The van der Waals surface area contributed by atoms with E-state index in [2.05, 4.69) is 20.8 Å². The summed E-state index contributed by atoms with van der Waals surface area (Å²) in [5.41, 5.74) is 1.20. The molecule has 1 heterocycles. The fraction of sp³-hybridized carbons (Fsp3) is 0.619. The molecule has 0 N–H and O–H groups in total. The van der Waals surface area contributed by atoms with Crippen LogP contribution in [-0.2, 0) is 0 Å². The van der Waals surface area contributed by atoms with E-state index in [1.165, 1.54) is 54.2 Å². The van der Waals surface area contributed by atoms with E-state index in [0.717, 1.165) is 5.33 Å². The fourth-order valence-corrected chi connectivity index (χ4v) is 14.0. The third-order valence-corrected chi connectivity index (χ3v) is 15.1.